The number of carbonyl (C=O) groups excluding carboxylic acids is 2. The smallest absolute Gasteiger partial charge is 0.321 e. The minimum absolute atomic E-state index is 0.183. The topological polar surface area (TPSA) is 92.2 Å². The highest BCUT2D eigenvalue weighted by atomic mass is 32.2. The SMILES string of the molecule is CC1CCN(c2nnc(SC(C)C(=O)NC(=O)NC3CCCCC3)n2C2CC2)CC1. The van der Waals surface area contributed by atoms with E-state index in [9.17, 15) is 9.59 Å². The predicted molar refractivity (Wildman–Crippen MR) is 118 cm³/mol. The Morgan fingerprint density at radius 1 is 1.03 bits per heavy atom. The van der Waals surface area contributed by atoms with E-state index in [0.29, 0.717) is 6.04 Å². The summed E-state index contributed by atoms with van der Waals surface area (Å²) < 4.78 is 2.21. The summed E-state index contributed by atoms with van der Waals surface area (Å²) in [5.74, 6) is 1.41. The Labute approximate surface area is 182 Å². The molecule has 0 spiro atoms. The first-order valence-electron chi connectivity index (χ1n) is 11.5. The fourth-order valence-corrected chi connectivity index (χ4v) is 5.23. The molecule has 0 bridgehead atoms. The van der Waals surface area contributed by atoms with Crippen LogP contribution in [0.25, 0.3) is 0 Å². The Hall–Kier alpha value is -1.77. The van der Waals surface area contributed by atoms with Gasteiger partial charge in [0.05, 0.1) is 5.25 Å². The van der Waals surface area contributed by atoms with Gasteiger partial charge in [-0.3, -0.25) is 14.7 Å². The average molecular weight is 435 g/mol. The van der Waals surface area contributed by atoms with E-state index in [1.54, 1.807) is 0 Å². The number of thioether (sulfide) groups is 1. The van der Waals surface area contributed by atoms with Gasteiger partial charge in [-0.05, 0) is 51.4 Å². The van der Waals surface area contributed by atoms with Crippen molar-refractivity contribution in [2.75, 3.05) is 18.0 Å². The molecule has 30 heavy (non-hydrogen) atoms. The van der Waals surface area contributed by atoms with Gasteiger partial charge in [-0.25, -0.2) is 4.79 Å². The Morgan fingerprint density at radius 2 is 1.73 bits per heavy atom. The molecule has 4 rings (SSSR count). The fraction of sp³-hybridized carbons (Fsp3) is 0.810. The number of hydrogen-bond acceptors (Lipinski definition) is 6. The van der Waals surface area contributed by atoms with Gasteiger partial charge in [0, 0.05) is 25.2 Å². The van der Waals surface area contributed by atoms with E-state index >= 15 is 0 Å². The van der Waals surface area contributed by atoms with E-state index in [-0.39, 0.29) is 18.0 Å². The molecule has 3 aliphatic rings. The van der Waals surface area contributed by atoms with Gasteiger partial charge < -0.3 is 10.2 Å². The van der Waals surface area contributed by atoms with Crippen molar-refractivity contribution in [2.24, 2.45) is 5.92 Å². The van der Waals surface area contributed by atoms with Crippen LogP contribution in [0.4, 0.5) is 10.7 Å². The Morgan fingerprint density at radius 3 is 2.40 bits per heavy atom. The summed E-state index contributed by atoms with van der Waals surface area (Å²) >= 11 is 1.39. The van der Waals surface area contributed by atoms with E-state index in [2.05, 4.69) is 37.2 Å². The van der Waals surface area contributed by atoms with Gasteiger partial charge in [0.2, 0.25) is 11.9 Å². The summed E-state index contributed by atoms with van der Waals surface area (Å²) in [7, 11) is 0. The zero-order valence-corrected chi connectivity index (χ0v) is 18.9. The Kier molecular flexibility index (Phi) is 6.85. The van der Waals surface area contributed by atoms with Gasteiger partial charge in [0.15, 0.2) is 5.16 Å². The van der Waals surface area contributed by atoms with Gasteiger partial charge in [-0.15, -0.1) is 10.2 Å². The molecule has 9 heteroatoms. The highest BCUT2D eigenvalue weighted by Gasteiger charge is 2.34. The highest BCUT2D eigenvalue weighted by molar-refractivity contribution is 8.00. The summed E-state index contributed by atoms with van der Waals surface area (Å²) in [6.45, 7) is 6.14. The van der Waals surface area contributed by atoms with Crippen LogP contribution in [0.3, 0.4) is 0 Å². The first kappa shape index (κ1) is 21.5. The van der Waals surface area contributed by atoms with Crippen molar-refractivity contribution < 1.29 is 9.59 Å². The van der Waals surface area contributed by atoms with Crippen molar-refractivity contribution in [3.05, 3.63) is 0 Å². The number of piperidine rings is 1. The quantitative estimate of drug-likeness (QED) is 0.666. The lowest BCUT2D eigenvalue weighted by molar-refractivity contribution is -0.119. The molecule has 1 atom stereocenters. The number of rotatable bonds is 6. The molecule has 3 amide bonds. The van der Waals surface area contributed by atoms with Crippen LogP contribution >= 0.6 is 11.8 Å². The number of hydrogen-bond donors (Lipinski definition) is 2. The van der Waals surface area contributed by atoms with Crippen LogP contribution in [-0.2, 0) is 4.79 Å². The van der Waals surface area contributed by atoms with E-state index in [4.69, 9.17) is 0 Å². The second-order valence-corrected chi connectivity index (χ2v) is 10.4. The summed E-state index contributed by atoms with van der Waals surface area (Å²) in [6.07, 6.45) is 10.1. The maximum absolute atomic E-state index is 12.6. The molecule has 1 aliphatic heterocycles. The number of aromatic nitrogens is 3. The van der Waals surface area contributed by atoms with E-state index < -0.39 is 5.25 Å². The summed E-state index contributed by atoms with van der Waals surface area (Å²) in [6, 6.07) is 0.232. The number of nitrogens with one attached hydrogen (secondary N) is 2. The predicted octanol–water partition coefficient (Wildman–Crippen LogP) is 3.49. The molecule has 2 N–H and O–H groups in total. The lowest BCUT2D eigenvalue weighted by Gasteiger charge is -2.31. The van der Waals surface area contributed by atoms with Crippen molar-refractivity contribution in [1.82, 2.24) is 25.4 Å². The first-order chi connectivity index (χ1) is 14.5. The molecule has 0 radical (unpaired) electrons. The van der Waals surface area contributed by atoms with Crippen LogP contribution in [0.1, 0.15) is 77.7 Å². The molecular formula is C21H34N6O2S. The Balaban J connectivity index is 1.35. The van der Waals surface area contributed by atoms with Crippen LogP contribution < -0.4 is 15.5 Å². The van der Waals surface area contributed by atoms with Crippen LogP contribution in [0.2, 0.25) is 0 Å². The van der Waals surface area contributed by atoms with E-state index in [0.717, 1.165) is 68.6 Å². The third-order valence-corrected chi connectivity index (χ3v) is 7.51. The normalized spacial score (nSPS) is 22.0. The monoisotopic (exact) mass is 434 g/mol. The van der Waals surface area contributed by atoms with Gasteiger partial charge >= 0.3 is 6.03 Å². The van der Waals surface area contributed by atoms with Gasteiger partial charge in [-0.2, -0.15) is 0 Å². The standard InChI is InChI=1S/C21H34N6O2S/c1-14-10-12-26(13-11-14)20-24-25-21(27(20)17-8-9-17)30-15(2)18(28)23-19(29)22-16-6-4-3-5-7-16/h14-17H,3-13H2,1-2H3,(H2,22,23,28,29). The van der Waals surface area contributed by atoms with Crippen LogP contribution in [-0.4, -0.2) is 51.1 Å². The maximum atomic E-state index is 12.6. The number of amides is 3. The summed E-state index contributed by atoms with van der Waals surface area (Å²) in [5.41, 5.74) is 0. The highest BCUT2D eigenvalue weighted by Crippen LogP contribution is 2.42. The minimum Gasteiger partial charge on any atom is -0.341 e. The molecule has 3 fully saturated rings. The van der Waals surface area contributed by atoms with E-state index in [1.807, 2.05) is 6.92 Å². The second kappa shape index (κ2) is 9.58. The minimum atomic E-state index is -0.418. The maximum Gasteiger partial charge on any atom is 0.321 e. The number of urea groups is 1. The van der Waals surface area contributed by atoms with E-state index in [1.165, 1.54) is 31.0 Å². The molecule has 8 nitrogen and oxygen atoms in total. The van der Waals surface area contributed by atoms with Crippen LogP contribution in [0.5, 0.6) is 0 Å². The third kappa shape index (κ3) is 5.28. The van der Waals surface area contributed by atoms with Crippen molar-refractivity contribution in [1.29, 1.82) is 0 Å². The lowest BCUT2D eigenvalue weighted by atomic mass is 9.96. The zero-order valence-electron chi connectivity index (χ0n) is 18.1. The molecule has 1 unspecified atom stereocenters. The molecule has 2 saturated carbocycles. The molecule has 166 valence electrons. The number of carbonyl (C=O) groups is 2. The molecular weight excluding hydrogens is 400 g/mol. The van der Waals surface area contributed by atoms with Gasteiger partial charge in [0.1, 0.15) is 0 Å². The van der Waals surface area contributed by atoms with Gasteiger partial charge in [-0.1, -0.05) is 37.9 Å². The van der Waals surface area contributed by atoms with Crippen LogP contribution in [0, 0.1) is 5.92 Å². The second-order valence-electron chi connectivity index (χ2n) is 9.11. The molecule has 1 aromatic rings. The molecule has 0 aromatic carbocycles. The third-order valence-electron chi connectivity index (χ3n) is 6.45. The Bertz CT molecular complexity index is 751. The number of anilines is 1. The molecule has 1 aromatic heterocycles. The average Bonchev–Trinajstić information content (AvgIpc) is 3.49. The van der Waals surface area contributed by atoms with Crippen molar-refractivity contribution in [3.8, 4) is 0 Å². The number of imide groups is 1. The molecule has 2 aliphatic carbocycles. The van der Waals surface area contributed by atoms with Crippen LogP contribution in [0.15, 0.2) is 5.16 Å². The number of nitrogens with zero attached hydrogens (tertiary/aromatic N) is 4. The largest absolute Gasteiger partial charge is 0.341 e. The zero-order chi connectivity index (χ0) is 21.1. The molecule has 2 heterocycles. The van der Waals surface area contributed by atoms with Gasteiger partial charge in [0.25, 0.3) is 0 Å². The lowest BCUT2D eigenvalue weighted by Crippen LogP contribution is -2.47. The van der Waals surface area contributed by atoms with Crippen molar-refractivity contribution in [2.45, 2.75) is 94.1 Å². The van der Waals surface area contributed by atoms with Crippen molar-refractivity contribution >= 4 is 29.6 Å². The first-order valence-corrected chi connectivity index (χ1v) is 12.4. The molecule has 1 saturated heterocycles. The fourth-order valence-electron chi connectivity index (χ4n) is 4.32. The summed E-state index contributed by atoms with van der Waals surface area (Å²) in [4.78, 5) is 27.1. The summed E-state index contributed by atoms with van der Waals surface area (Å²) in [5, 5.41) is 14.7. The van der Waals surface area contributed by atoms with Crippen molar-refractivity contribution in [3.63, 3.8) is 0 Å².